The predicted molar refractivity (Wildman–Crippen MR) is 75.7 cm³/mol. The average molecular weight is 298 g/mol. The molecule has 1 aromatic heterocycles. The van der Waals surface area contributed by atoms with E-state index < -0.39 is 10.0 Å². The largest absolute Gasteiger partial charge is 0.316 e. The molecule has 20 heavy (non-hydrogen) atoms. The van der Waals surface area contributed by atoms with E-state index in [-0.39, 0.29) is 6.04 Å². The molecule has 0 aromatic carbocycles. The molecule has 6 nitrogen and oxygen atoms in total. The van der Waals surface area contributed by atoms with Crippen LogP contribution >= 0.6 is 0 Å². The molecule has 2 atom stereocenters. The second-order valence-electron chi connectivity index (χ2n) is 5.78. The van der Waals surface area contributed by atoms with E-state index in [1.807, 2.05) is 0 Å². The summed E-state index contributed by atoms with van der Waals surface area (Å²) in [6.45, 7) is 2.63. The molecule has 1 aromatic rings. The summed E-state index contributed by atoms with van der Waals surface area (Å²) in [6.07, 6.45) is 7.23. The van der Waals surface area contributed by atoms with Gasteiger partial charge in [0, 0.05) is 25.8 Å². The van der Waals surface area contributed by atoms with E-state index in [0.29, 0.717) is 17.4 Å². The van der Waals surface area contributed by atoms with Crippen molar-refractivity contribution in [1.82, 2.24) is 19.4 Å². The first-order chi connectivity index (χ1) is 9.59. The highest BCUT2D eigenvalue weighted by atomic mass is 32.2. The second-order valence-corrected chi connectivity index (χ2v) is 7.67. The van der Waals surface area contributed by atoms with Gasteiger partial charge in [-0.2, -0.15) is 9.40 Å². The molecule has 3 rings (SSSR count). The minimum atomic E-state index is -3.39. The van der Waals surface area contributed by atoms with Gasteiger partial charge in [-0.05, 0) is 44.7 Å². The van der Waals surface area contributed by atoms with Crippen molar-refractivity contribution in [3.05, 3.63) is 12.4 Å². The van der Waals surface area contributed by atoms with Gasteiger partial charge < -0.3 is 5.32 Å². The van der Waals surface area contributed by atoms with Gasteiger partial charge in [0.15, 0.2) is 0 Å². The molecule has 0 saturated carbocycles. The van der Waals surface area contributed by atoms with Gasteiger partial charge >= 0.3 is 0 Å². The number of rotatable bonds is 3. The minimum absolute atomic E-state index is 0.146. The molecule has 0 amide bonds. The van der Waals surface area contributed by atoms with Crippen molar-refractivity contribution in [3.8, 4) is 0 Å². The summed E-state index contributed by atoms with van der Waals surface area (Å²) >= 11 is 0. The minimum Gasteiger partial charge on any atom is -0.316 e. The van der Waals surface area contributed by atoms with Crippen molar-refractivity contribution in [1.29, 1.82) is 0 Å². The van der Waals surface area contributed by atoms with Crippen LogP contribution in [0.1, 0.15) is 25.7 Å². The van der Waals surface area contributed by atoms with Crippen LogP contribution in [0.4, 0.5) is 0 Å². The van der Waals surface area contributed by atoms with Crippen molar-refractivity contribution >= 4 is 10.0 Å². The fraction of sp³-hybridized carbons (Fsp3) is 0.769. The van der Waals surface area contributed by atoms with Crippen LogP contribution in [-0.4, -0.2) is 48.2 Å². The summed E-state index contributed by atoms with van der Waals surface area (Å²) < 4.78 is 28.8. The number of piperidine rings is 1. The fourth-order valence-corrected chi connectivity index (χ4v) is 5.15. The fourth-order valence-electron chi connectivity index (χ4n) is 3.41. The van der Waals surface area contributed by atoms with E-state index in [0.717, 1.165) is 38.8 Å². The van der Waals surface area contributed by atoms with Gasteiger partial charge in [0.25, 0.3) is 0 Å². The third-order valence-corrected chi connectivity index (χ3v) is 6.29. The van der Waals surface area contributed by atoms with E-state index in [9.17, 15) is 8.42 Å². The molecule has 7 heteroatoms. The van der Waals surface area contributed by atoms with E-state index in [1.165, 1.54) is 6.20 Å². The number of nitrogens with one attached hydrogen (secondary N) is 1. The quantitative estimate of drug-likeness (QED) is 0.886. The second kappa shape index (κ2) is 5.46. The Morgan fingerprint density at radius 3 is 2.85 bits per heavy atom. The lowest BCUT2D eigenvalue weighted by atomic mass is 9.91. The smallest absolute Gasteiger partial charge is 0.246 e. The topological polar surface area (TPSA) is 67.2 Å². The molecular weight excluding hydrogens is 276 g/mol. The molecule has 0 bridgehead atoms. The molecular formula is C13H22N4O2S. The lowest BCUT2D eigenvalue weighted by Crippen LogP contribution is -2.45. The zero-order valence-electron chi connectivity index (χ0n) is 11.8. The zero-order chi connectivity index (χ0) is 14.2. The summed E-state index contributed by atoms with van der Waals surface area (Å²) in [5.74, 6) is 0.442. The van der Waals surface area contributed by atoms with Gasteiger partial charge in [-0.25, -0.2) is 8.42 Å². The molecule has 2 unspecified atom stereocenters. The van der Waals surface area contributed by atoms with E-state index in [2.05, 4.69) is 10.4 Å². The molecule has 112 valence electrons. The maximum absolute atomic E-state index is 12.8. The molecule has 0 aliphatic carbocycles. The molecule has 2 aliphatic rings. The van der Waals surface area contributed by atoms with Crippen molar-refractivity contribution in [2.45, 2.75) is 36.6 Å². The maximum atomic E-state index is 12.8. The number of aryl methyl sites for hydroxylation is 1. The van der Waals surface area contributed by atoms with E-state index in [4.69, 9.17) is 0 Å². The van der Waals surface area contributed by atoms with Crippen molar-refractivity contribution < 1.29 is 8.42 Å². The highest BCUT2D eigenvalue weighted by molar-refractivity contribution is 7.89. The molecule has 0 spiro atoms. The first-order valence-corrected chi connectivity index (χ1v) is 8.74. The third kappa shape index (κ3) is 2.49. The maximum Gasteiger partial charge on any atom is 0.246 e. The molecule has 2 saturated heterocycles. The van der Waals surface area contributed by atoms with E-state index in [1.54, 1.807) is 22.2 Å². The number of nitrogens with zero attached hydrogens (tertiary/aromatic N) is 3. The van der Waals surface area contributed by atoms with E-state index >= 15 is 0 Å². The highest BCUT2D eigenvalue weighted by Crippen LogP contribution is 2.32. The predicted octanol–water partition coefficient (Wildman–Crippen LogP) is 0.573. The van der Waals surface area contributed by atoms with Crippen LogP contribution in [0, 0.1) is 5.92 Å². The number of hydrogen-bond acceptors (Lipinski definition) is 4. The van der Waals surface area contributed by atoms with Crippen LogP contribution in [0.3, 0.4) is 0 Å². The summed E-state index contributed by atoms with van der Waals surface area (Å²) in [5.41, 5.74) is 0. The Bertz CT molecular complexity index is 563. The lowest BCUT2D eigenvalue weighted by molar-refractivity contribution is 0.239. The molecule has 1 N–H and O–H groups in total. The van der Waals surface area contributed by atoms with Crippen molar-refractivity contribution in [3.63, 3.8) is 0 Å². The first kappa shape index (κ1) is 14.0. The van der Waals surface area contributed by atoms with Gasteiger partial charge in [-0.15, -0.1) is 0 Å². The molecule has 2 fully saturated rings. The van der Waals surface area contributed by atoms with Gasteiger partial charge in [0.2, 0.25) is 10.0 Å². The van der Waals surface area contributed by atoms with Crippen LogP contribution in [0.15, 0.2) is 17.3 Å². The van der Waals surface area contributed by atoms with Gasteiger partial charge in [0.05, 0.1) is 6.20 Å². The van der Waals surface area contributed by atoms with Crippen LogP contribution in [-0.2, 0) is 17.1 Å². The molecule has 3 heterocycles. The van der Waals surface area contributed by atoms with Crippen LogP contribution < -0.4 is 5.32 Å². The standard InChI is InChI=1S/C13H22N4O2S/c1-16-10-12(9-15-16)20(18,19)17-7-3-5-13(17)11-4-2-6-14-8-11/h9-11,13-14H,2-8H2,1H3. The summed E-state index contributed by atoms with van der Waals surface area (Å²) in [5, 5.41) is 7.38. The SMILES string of the molecule is Cn1cc(S(=O)(=O)N2CCCC2C2CCCNC2)cn1. The Balaban J connectivity index is 1.84. The van der Waals surface area contributed by atoms with Gasteiger partial charge in [-0.3, -0.25) is 4.68 Å². The Labute approximate surface area is 120 Å². The Kier molecular flexibility index (Phi) is 3.83. The lowest BCUT2D eigenvalue weighted by Gasteiger charge is -2.33. The van der Waals surface area contributed by atoms with Gasteiger partial charge in [-0.1, -0.05) is 0 Å². The number of hydrogen-bond donors (Lipinski definition) is 1. The Morgan fingerprint density at radius 1 is 1.35 bits per heavy atom. The Morgan fingerprint density at radius 2 is 2.20 bits per heavy atom. The molecule has 0 radical (unpaired) electrons. The summed E-state index contributed by atoms with van der Waals surface area (Å²) in [7, 11) is -1.65. The number of aromatic nitrogens is 2. The van der Waals surface area contributed by atoms with Crippen LogP contribution in [0.2, 0.25) is 0 Å². The average Bonchev–Trinajstić information content (AvgIpc) is 3.08. The zero-order valence-corrected chi connectivity index (χ0v) is 12.6. The van der Waals surface area contributed by atoms with Crippen molar-refractivity contribution in [2.75, 3.05) is 19.6 Å². The summed E-state index contributed by atoms with van der Waals surface area (Å²) in [4.78, 5) is 0.315. The monoisotopic (exact) mass is 298 g/mol. The van der Waals surface area contributed by atoms with Crippen LogP contribution in [0.25, 0.3) is 0 Å². The number of sulfonamides is 1. The summed E-state index contributed by atoms with van der Waals surface area (Å²) in [6, 6.07) is 0.146. The first-order valence-electron chi connectivity index (χ1n) is 7.30. The highest BCUT2D eigenvalue weighted by Gasteiger charge is 2.40. The third-order valence-electron chi connectivity index (χ3n) is 4.42. The van der Waals surface area contributed by atoms with Gasteiger partial charge in [0.1, 0.15) is 4.90 Å². The van der Waals surface area contributed by atoms with Crippen molar-refractivity contribution in [2.24, 2.45) is 13.0 Å². The molecule has 2 aliphatic heterocycles. The Hall–Kier alpha value is -0.920. The normalized spacial score (nSPS) is 28.9. The van der Waals surface area contributed by atoms with Crippen LogP contribution in [0.5, 0.6) is 0 Å².